The molecule has 0 fully saturated rings. The zero-order chi connectivity index (χ0) is 11.0. The lowest BCUT2D eigenvalue weighted by Gasteiger charge is -2.05. The summed E-state index contributed by atoms with van der Waals surface area (Å²) in [6, 6.07) is 0. The molecule has 0 atom stereocenters. The Bertz CT molecular complexity index is 478. The van der Waals surface area contributed by atoms with Crippen molar-refractivity contribution in [2.24, 2.45) is 7.05 Å². The van der Waals surface area contributed by atoms with E-state index < -0.39 is 0 Å². The minimum atomic E-state index is 0.0599. The van der Waals surface area contributed by atoms with Crippen molar-refractivity contribution < 1.29 is 0 Å². The number of nitrogen functional groups attached to an aromatic ring is 3. The molecule has 0 aromatic carbocycles. The highest BCUT2D eigenvalue weighted by atomic mass is 15.1. The molecule has 6 N–H and O–H groups in total. The van der Waals surface area contributed by atoms with E-state index in [1.165, 1.54) is 0 Å². The van der Waals surface area contributed by atoms with Gasteiger partial charge in [0.1, 0.15) is 11.6 Å². The Morgan fingerprint density at radius 3 is 2.20 bits per heavy atom. The molecule has 2 aromatic heterocycles. The Labute approximate surface area is 86.0 Å². The summed E-state index contributed by atoms with van der Waals surface area (Å²) in [7, 11) is 1.85. The molecule has 78 valence electrons. The molecule has 0 spiro atoms. The Kier molecular flexibility index (Phi) is 1.93. The summed E-state index contributed by atoms with van der Waals surface area (Å²) in [5.41, 5.74) is 18.0. The summed E-state index contributed by atoms with van der Waals surface area (Å²) < 4.78 is 1.78. The number of hydrogen-bond acceptors (Lipinski definition) is 6. The van der Waals surface area contributed by atoms with Crippen LogP contribution in [0.25, 0.3) is 11.3 Å². The van der Waals surface area contributed by atoms with Crippen molar-refractivity contribution in [3.05, 3.63) is 12.5 Å². The molecular formula is C8H11N7. The van der Waals surface area contributed by atoms with Crippen LogP contribution in [0.1, 0.15) is 0 Å². The number of rotatable bonds is 1. The first-order chi connectivity index (χ1) is 7.08. The van der Waals surface area contributed by atoms with E-state index in [4.69, 9.17) is 17.2 Å². The maximum absolute atomic E-state index is 5.70. The fourth-order valence-corrected chi connectivity index (χ4v) is 1.32. The van der Waals surface area contributed by atoms with Crippen molar-refractivity contribution in [3.63, 3.8) is 0 Å². The first-order valence-electron chi connectivity index (χ1n) is 4.24. The molecule has 2 aromatic rings. The van der Waals surface area contributed by atoms with Crippen LogP contribution in [-0.4, -0.2) is 19.5 Å². The fourth-order valence-electron chi connectivity index (χ4n) is 1.32. The van der Waals surface area contributed by atoms with Crippen LogP contribution in [0.2, 0.25) is 0 Å². The Morgan fingerprint density at radius 1 is 1.13 bits per heavy atom. The van der Waals surface area contributed by atoms with Crippen molar-refractivity contribution in [2.45, 2.75) is 0 Å². The highest BCUT2D eigenvalue weighted by Gasteiger charge is 2.13. The van der Waals surface area contributed by atoms with E-state index in [1.807, 2.05) is 7.05 Å². The van der Waals surface area contributed by atoms with E-state index in [1.54, 1.807) is 17.1 Å². The van der Waals surface area contributed by atoms with Crippen LogP contribution in [0.5, 0.6) is 0 Å². The molecule has 2 rings (SSSR count). The van der Waals surface area contributed by atoms with Crippen LogP contribution in [0, 0.1) is 0 Å². The minimum Gasteiger partial charge on any atom is -0.383 e. The third-order valence-electron chi connectivity index (χ3n) is 1.94. The van der Waals surface area contributed by atoms with Gasteiger partial charge in [-0.05, 0) is 0 Å². The van der Waals surface area contributed by atoms with Gasteiger partial charge in [-0.3, -0.25) is 0 Å². The highest BCUT2D eigenvalue weighted by molar-refractivity contribution is 5.80. The van der Waals surface area contributed by atoms with Crippen LogP contribution in [-0.2, 0) is 7.05 Å². The highest BCUT2D eigenvalue weighted by Crippen LogP contribution is 2.27. The predicted octanol–water partition coefficient (Wildman–Crippen LogP) is -0.376. The second-order valence-electron chi connectivity index (χ2n) is 3.15. The number of imidazole rings is 1. The molecule has 0 aliphatic heterocycles. The van der Waals surface area contributed by atoms with Crippen molar-refractivity contribution in [1.82, 2.24) is 19.5 Å². The summed E-state index contributed by atoms with van der Waals surface area (Å²) in [6.07, 6.45) is 3.42. The summed E-state index contributed by atoms with van der Waals surface area (Å²) in [5.74, 6) is 0.530. The van der Waals surface area contributed by atoms with Gasteiger partial charge in [0.15, 0.2) is 0 Å². The fraction of sp³-hybridized carbons (Fsp3) is 0.125. The average molecular weight is 205 g/mol. The van der Waals surface area contributed by atoms with Crippen LogP contribution in [0.4, 0.5) is 17.6 Å². The van der Waals surface area contributed by atoms with Gasteiger partial charge >= 0.3 is 0 Å². The summed E-state index contributed by atoms with van der Waals surface area (Å²) >= 11 is 0. The molecular weight excluding hydrogens is 194 g/mol. The van der Waals surface area contributed by atoms with Gasteiger partial charge in [0.05, 0.1) is 17.6 Å². The zero-order valence-corrected chi connectivity index (χ0v) is 8.18. The smallest absolute Gasteiger partial charge is 0.223 e. The number of hydrogen-bond donors (Lipinski definition) is 3. The third-order valence-corrected chi connectivity index (χ3v) is 1.94. The van der Waals surface area contributed by atoms with Gasteiger partial charge in [0.2, 0.25) is 5.95 Å². The Hall–Kier alpha value is -2.31. The SMILES string of the molecule is Cn1cnc(-c2c(N)nc(N)nc2N)c1. The molecule has 15 heavy (non-hydrogen) atoms. The first-order valence-corrected chi connectivity index (χ1v) is 4.24. The normalized spacial score (nSPS) is 10.5. The van der Waals surface area contributed by atoms with E-state index in [0.29, 0.717) is 11.3 Å². The largest absolute Gasteiger partial charge is 0.383 e. The van der Waals surface area contributed by atoms with Gasteiger partial charge in [0, 0.05) is 13.2 Å². The quantitative estimate of drug-likeness (QED) is 0.583. The van der Waals surface area contributed by atoms with Gasteiger partial charge in [0.25, 0.3) is 0 Å². The second kappa shape index (κ2) is 3.12. The molecule has 0 radical (unpaired) electrons. The average Bonchev–Trinajstić information content (AvgIpc) is 2.49. The van der Waals surface area contributed by atoms with Gasteiger partial charge in [-0.25, -0.2) is 4.98 Å². The van der Waals surface area contributed by atoms with Crippen LogP contribution in [0.15, 0.2) is 12.5 Å². The number of aryl methyl sites for hydroxylation is 1. The topological polar surface area (TPSA) is 122 Å². The lowest BCUT2D eigenvalue weighted by Crippen LogP contribution is -2.06. The number of aromatic nitrogens is 4. The van der Waals surface area contributed by atoms with E-state index in [9.17, 15) is 0 Å². The number of nitrogens with zero attached hydrogens (tertiary/aromatic N) is 4. The molecule has 0 saturated heterocycles. The second-order valence-corrected chi connectivity index (χ2v) is 3.15. The molecule has 2 heterocycles. The lowest BCUT2D eigenvalue weighted by atomic mass is 10.2. The maximum Gasteiger partial charge on any atom is 0.223 e. The van der Waals surface area contributed by atoms with E-state index in [0.717, 1.165) is 0 Å². The summed E-state index contributed by atoms with van der Waals surface area (Å²) in [6.45, 7) is 0. The maximum atomic E-state index is 5.70. The molecule has 0 unspecified atom stereocenters. The van der Waals surface area contributed by atoms with Crippen molar-refractivity contribution in [1.29, 1.82) is 0 Å². The predicted molar refractivity (Wildman–Crippen MR) is 57.5 cm³/mol. The standard InChI is InChI=1S/C8H11N7/c1-15-2-4(12-3-15)5-6(9)13-8(11)14-7(5)10/h2-3H,1H3,(H6,9,10,11,13,14). The van der Waals surface area contributed by atoms with Crippen molar-refractivity contribution in [2.75, 3.05) is 17.2 Å². The van der Waals surface area contributed by atoms with Gasteiger partial charge in [-0.1, -0.05) is 0 Å². The molecule has 0 aliphatic carbocycles. The molecule has 0 saturated carbocycles. The van der Waals surface area contributed by atoms with E-state index in [2.05, 4.69) is 15.0 Å². The van der Waals surface area contributed by atoms with Crippen LogP contribution in [0.3, 0.4) is 0 Å². The van der Waals surface area contributed by atoms with Crippen molar-refractivity contribution >= 4 is 17.6 Å². The Morgan fingerprint density at radius 2 is 1.73 bits per heavy atom. The van der Waals surface area contributed by atoms with E-state index >= 15 is 0 Å². The summed E-state index contributed by atoms with van der Waals surface area (Å²) in [5, 5.41) is 0. The van der Waals surface area contributed by atoms with Gasteiger partial charge < -0.3 is 21.8 Å². The summed E-state index contributed by atoms with van der Waals surface area (Å²) in [4.78, 5) is 11.8. The van der Waals surface area contributed by atoms with Crippen molar-refractivity contribution in [3.8, 4) is 11.3 Å². The molecule has 7 nitrogen and oxygen atoms in total. The number of anilines is 3. The number of nitrogens with two attached hydrogens (primary N) is 3. The minimum absolute atomic E-state index is 0.0599. The first kappa shape index (κ1) is 9.25. The van der Waals surface area contributed by atoms with Gasteiger partial charge in [-0.15, -0.1) is 0 Å². The van der Waals surface area contributed by atoms with E-state index in [-0.39, 0.29) is 17.6 Å². The monoisotopic (exact) mass is 205 g/mol. The molecule has 0 amide bonds. The Balaban J connectivity index is 2.62. The molecule has 7 heteroatoms. The van der Waals surface area contributed by atoms with Crippen LogP contribution < -0.4 is 17.2 Å². The van der Waals surface area contributed by atoms with Crippen LogP contribution >= 0.6 is 0 Å². The molecule has 0 aliphatic rings. The molecule has 0 bridgehead atoms. The zero-order valence-electron chi connectivity index (χ0n) is 8.18. The third kappa shape index (κ3) is 1.54. The van der Waals surface area contributed by atoms with Gasteiger partial charge in [-0.2, -0.15) is 9.97 Å². The lowest BCUT2D eigenvalue weighted by molar-refractivity contribution is 0.913.